The van der Waals surface area contributed by atoms with Gasteiger partial charge in [-0.1, -0.05) is 12.1 Å². The Bertz CT molecular complexity index is 528. The smallest absolute Gasteiger partial charge is 0.163 e. The van der Waals surface area contributed by atoms with Gasteiger partial charge in [0, 0.05) is 31.4 Å². The van der Waals surface area contributed by atoms with Crippen molar-refractivity contribution in [3.05, 3.63) is 53.4 Å². The average molecular weight is 288 g/mol. The van der Waals surface area contributed by atoms with E-state index in [9.17, 15) is 8.78 Å². The van der Waals surface area contributed by atoms with Crippen molar-refractivity contribution in [2.24, 2.45) is 0 Å². The fourth-order valence-electron chi connectivity index (χ4n) is 1.68. The van der Waals surface area contributed by atoms with Gasteiger partial charge in [0.05, 0.1) is 5.69 Å². The van der Waals surface area contributed by atoms with Crippen molar-refractivity contribution >= 4 is 12.4 Å². The largest absolute Gasteiger partial charge is 0.307 e. The molecule has 1 aromatic heterocycles. The predicted octanol–water partition coefficient (Wildman–Crippen LogP) is 2.89. The quantitative estimate of drug-likeness (QED) is 0.916. The average Bonchev–Trinajstić information content (AvgIpc) is 2.82. The van der Waals surface area contributed by atoms with E-state index in [1.165, 1.54) is 6.07 Å². The van der Waals surface area contributed by atoms with E-state index < -0.39 is 11.6 Å². The van der Waals surface area contributed by atoms with Crippen LogP contribution in [0.15, 0.2) is 30.5 Å². The zero-order valence-corrected chi connectivity index (χ0v) is 11.4. The maximum absolute atomic E-state index is 13.4. The number of nitrogens with zero attached hydrogens (tertiary/aromatic N) is 2. The molecule has 2 rings (SSSR count). The van der Waals surface area contributed by atoms with Gasteiger partial charge in [-0.25, -0.2) is 8.78 Å². The lowest BCUT2D eigenvalue weighted by Crippen LogP contribution is -2.14. The number of hydrogen-bond acceptors (Lipinski definition) is 2. The number of halogens is 3. The highest BCUT2D eigenvalue weighted by atomic mass is 35.5. The highest BCUT2D eigenvalue weighted by Crippen LogP contribution is 2.11. The molecule has 0 aliphatic heterocycles. The maximum atomic E-state index is 13.4. The summed E-state index contributed by atoms with van der Waals surface area (Å²) >= 11 is 0. The lowest BCUT2D eigenvalue weighted by atomic mass is 10.2. The summed E-state index contributed by atoms with van der Waals surface area (Å²) in [5.41, 5.74) is 1.21. The van der Waals surface area contributed by atoms with Gasteiger partial charge in [-0.2, -0.15) is 5.10 Å². The molecule has 1 aromatic carbocycles. The van der Waals surface area contributed by atoms with Gasteiger partial charge in [-0.3, -0.25) is 4.68 Å². The second kappa shape index (κ2) is 7.21. The summed E-state index contributed by atoms with van der Waals surface area (Å²) in [6.07, 6.45) is 1.89. The standard InChI is InChI=1S/C13H15F2N3.ClH/c1-2-18-7-6-11(17-18)9-16-8-10-4-3-5-12(14)13(10)15;/h3-7,16H,2,8-9H2,1H3;1H. The predicted molar refractivity (Wildman–Crippen MR) is 72.1 cm³/mol. The Balaban J connectivity index is 0.00000180. The molecule has 0 spiro atoms. The molecule has 6 heteroatoms. The fourth-order valence-corrected chi connectivity index (χ4v) is 1.68. The third-order valence-corrected chi connectivity index (χ3v) is 2.67. The Morgan fingerprint density at radius 3 is 2.68 bits per heavy atom. The Labute approximate surface area is 117 Å². The molecular weight excluding hydrogens is 272 g/mol. The van der Waals surface area contributed by atoms with Gasteiger partial charge in [-0.05, 0) is 19.1 Å². The van der Waals surface area contributed by atoms with E-state index in [0.29, 0.717) is 12.1 Å². The van der Waals surface area contributed by atoms with Gasteiger partial charge in [0.2, 0.25) is 0 Å². The lowest BCUT2D eigenvalue weighted by Gasteiger charge is -2.05. The highest BCUT2D eigenvalue weighted by molar-refractivity contribution is 5.85. The van der Waals surface area contributed by atoms with Crippen LogP contribution in [0.2, 0.25) is 0 Å². The summed E-state index contributed by atoms with van der Waals surface area (Å²) in [7, 11) is 0. The summed E-state index contributed by atoms with van der Waals surface area (Å²) in [6, 6.07) is 6.08. The molecule has 0 bridgehead atoms. The van der Waals surface area contributed by atoms with Crippen LogP contribution >= 0.6 is 12.4 Å². The van der Waals surface area contributed by atoms with Gasteiger partial charge >= 0.3 is 0 Å². The molecule has 0 atom stereocenters. The summed E-state index contributed by atoms with van der Waals surface area (Å²) in [5.74, 6) is -1.60. The minimum Gasteiger partial charge on any atom is -0.307 e. The van der Waals surface area contributed by atoms with Crippen LogP contribution in [0.3, 0.4) is 0 Å². The molecule has 0 saturated heterocycles. The molecule has 0 saturated carbocycles. The highest BCUT2D eigenvalue weighted by Gasteiger charge is 2.07. The summed E-state index contributed by atoms with van der Waals surface area (Å²) < 4.78 is 28.1. The molecule has 0 aliphatic carbocycles. The van der Waals surface area contributed by atoms with E-state index >= 15 is 0 Å². The summed E-state index contributed by atoms with van der Waals surface area (Å²) in [4.78, 5) is 0. The fraction of sp³-hybridized carbons (Fsp3) is 0.308. The third-order valence-electron chi connectivity index (χ3n) is 2.67. The number of rotatable bonds is 5. The van der Waals surface area contributed by atoms with Gasteiger partial charge in [0.25, 0.3) is 0 Å². The molecule has 0 unspecified atom stereocenters. The van der Waals surface area contributed by atoms with Crippen LogP contribution in [0.4, 0.5) is 8.78 Å². The first kappa shape index (κ1) is 15.6. The topological polar surface area (TPSA) is 29.9 Å². The number of aryl methyl sites for hydroxylation is 1. The van der Waals surface area contributed by atoms with Crippen LogP contribution in [0.1, 0.15) is 18.2 Å². The first-order chi connectivity index (χ1) is 8.70. The van der Waals surface area contributed by atoms with Crippen molar-refractivity contribution in [1.29, 1.82) is 0 Å². The minimum absolute atomic E-state index is 0. The molecule has 104 valence electrons. The van der Waals surface area contributed by atoms with E-state index in [4.69, 9.17) is 0 Å². The van der Waals surface area contributed by atoms with Gasteiger partial charge in [0.1, 0.15) is 0 Å². The van der Waals surface area contributed by atoms with Crippen LogP contribution in [0.5, 0.6) is 0 Å². The Kier molecular flexibility index (Phi) is 5.92. The molecular formula is C13H16ClF2N3. The summed E-state index contributed by atoms with van der Waals surface area (Å²) in [5, 5.41) is 7.33. The molecule has 0 aliphatic rings. The van der Waals surface area contributed by atoms with E-state index in [1.807, 2.05) is 23.9 Å². The van der Waals surface area contributed by atoms with Crippen molar-refractivity contribution in [3.8, 4) is 0 Å². The first-order valence-corrected chi connectivity index (χ1v) is 5.86. The second-order valence-corrected chi connectivity index (χ2v) is 3.98. The SMILES string of the molecule is CCn1ccc(CNCc2cccc(F)c2F)n1.Cl. The van der Waals surface area contributed by atoms with Gasteiger partial charge < -0.3 is 5.32 Å². The molecule has 0 radical (unpaired) electrons. The molecule has 2 aromatic rings. The van der Waals surface area contributed by atoms with Gasteiger partial charge in [0.15, 0.2) is 11.6 Å². The molecule has 1 N–H and O–H groups in total. The van der Waals surface area contributed by atoms with Crippen LogP contribution < -0.4 is 5.32 Å². The number of aromatic nitrogens is 2. The van der Waals surface area contributed by atoms with Crippen molar-refractivity contribution < 1.29 is 8.78 Å². The van der Waals surface area contributed by atoms with Crippen LogP contribution in [-0.2, 0) is 19.6 Å². The molecule has 1 heterocycles. The van der Waals surface area contributed by atoms with E-state index in [0.717, 1.165) is 18.3 Å². The number of hydrogen-bond donors (Lipinski definition) is 1. The zero-order chi connectivity index (χ0) is 13.0. The third kappa shape index (κ3) is 4.01. The molecule has 0 fully saturated rings. The van der Waals surface area contributed by atoms with Crippen molar-refractivity contribution in [2.75, 3.05) is 0 Å². The molecule has 3 nitrogen and oxygen atoms in total. The van der Waals surface area contributed by atoms with Gasteiger partial charge in [-0.15, -0.1) is 12.4 Å². The van der Waals surface area contributed by atoms with Crippen molar-refractivity contribution in [1.82, 2.24) is 15.1 Å². The van der Waals surface area contributed by atoms with Crippen molar-refractivity contribution in [3.63, 3.8) is 0 Å². The van der Waals surface area contributed by atoms with E-state index in [-0.39, 0.29) is 19.0 Å². The minimum atomic E-state index is -0.815. The Morgan fingerprint density at radius 1 is 1.21 bits per heavy atom. The summed E-state index contributed by atoms with van der Waals surface area (Å²) in [6.45, 7) is 3.64. The monoisotopic (exact) mass is 287 g/mol. The van der Waals surface area contributed by atoms with E-state index in [1.54, 1.807) is 6.07 Å². The van der Waals surface area contributed by atoms with E-state index in [2.05, 4.69) is 10.4 Å². The Hall–Kier alpha value is -1.46. The number of nitrogens with one attached hydrogen (secondary N) is 1. The first-order valence-electron chi connectivity index (χ1n) is 5.86. The van der Waals surface area contributed by atoms with Crippen LogP contribution in [0, 0.1) is 11.6 Å². The Morgan fingerprint density at radius 2 is 2.00 bits per heavy atom. The maximum Gasteiger partial charge on any atom is 0.163 e. The lowest BCUT2D eigenvalue weighted by molar-refractivity contribution is 0.492. The zero-order valence-electron chi connectivity index (χ0n) is 10.6. The molecule has 19 heavy (non-hydrogen) atoms. The van der Waals surface area contributed by atoms with Crippen LogP contribution in [0.25, 0.3) is 0 Å². The number of benzene rings is 1. The second-order valence-electron chi connectivity index (χ2n) is 3.98. The van der Waals surface area contributed by atoms with Crippen LogP contribution in [-0.4, -0.2) is 9.78 Å². The normalized spacial score (nSPS) is 10.3. The molecule has 0 amide bonds. The van der Waals surface area contributed by atoms with Crippen molar-refractivity contribution in [2.45, 2.75) is 26.6 Å².